The van der Waals surface area contributed by atoms with Crippen LogP contribution in [0.15, 0.2) is 36.4 Å². The van der Waals surface area contributed by atoms with Crippen LogP contribution in [0.5, 0.6) is 0 Å². The molecule has 0 spiro atoms. The molecule has 4 nitrogen and oxygen atoms in total. The predicted octanol–water partition coefficient (Wildman–Crippen LogP) is 3.50. The molecule has 3 rings (SSSR count). The highest BCUT2D eigenvalue weighted by molar-refractivity contribution is 6.32. The van der Waals surface area contributed by atoms with Gasteiger partial charge >= 0.3 is 0 Å². The van der Waals surface area contributed by atoms with Crippen molar-refractivity contribution in [3.8, 4) is 0 Å². The van der Waals surface area contributed by atoms with E-state index in [-0.39, 0.29) is 5.28 Å². The van der Waals surface area contributed by atoms with E-state index in [0.717, 1.165) is 45.0 Å². The van der Waals surface area contributed by atoms with Gasteiger partial charge in [0.15, 0.2) is 0 Å². The summed E-state index contributed by atoms with van der Waals surface area (Å²) in [6, 6.07) is 12.4. The predicted molar refractivity (Wildman–Crippen MR) is 90.6 cm³/mol. The quantitative estimate of drug-likeness (QED) is 0.634. The first kappa shape index (κ1) is 15.5. The van der Waals surface area contributed by atoms with Crippen LogP contribution in [-0.4, -0.2) is 41.0 Å². The number of aromatic nitrogens is 2. The van der Waals surface area contributed by atoms with Crippen molar-refractivity contribution in [3.63, 3.8) is 0 Å². The second-order valence-corrected chi connectivity index (χ2v) is 6.15. The molecule has 0 radical (unpaired) electrons. The zero-order valence-corrected chi connectivity index (χ0v) is 13.8. The molecule has 6 heteroatoms. The Bertz CT molecular complexity index is 601. The highest BCUT2D eigenvalue weighted by atomic mass is 35.5. The van der Waals surface area contributed by atoms with Crippen molar-refractivity contribution in [2.45, 2.75) is 13.0 Å². The minimum absolute atomic E-state index is 0.202. The van der Waals surface area contributed by atoms with Gasteiger partial charge in [0.05, 0.1) is 0 Å². The minimum atomic E-state index is 0.202. The Labute approximate surface area is 140 Å². The van der Waals surface area contributed by atoms with Gasteiger partial charge in [0, 0.05) is 38.8 Å². The molecular formula is C16H18Cl2N4. The fourth-order valence-corrected chi connectivity index (χ4v) is 3.14. The van der Waals surface area contributed by atoms with Gasteiger partial charge in [-0.3, -0.25) is 4.90 Å². The highest BCUT2D eigenvalue weighted by Crippen LogP contribution is 2.20. The van der Waals surface area contributed by atoms with Crippen molar-refractivity contribution in [2.24, 2.45) is 0 Å². The number of hydrogen-bond acceptors (Lipinski definition) is 4. The smallest absolute Gasteiger partial charge is 0.225 e. The van der Waals surface area contributed by atoms with Gasteiger partial charge in [-0.25, -0.2) is 9.97 Å². The van der Waals surface area contributed by atoms with Crippen LogP contribution < -0.4 is 4.90 Å². The first-order valence-electron chi connectivity index (χ1n) is 7.42. The van der Waals surface area contributed by atoms with E-state index in [1.165, 1.54) is 5.56 Å². The van der Waals surface area contributed by atoms with Crippen LogP contribution in [0.1, 0.15) is 12.0 Å². The zero-order valence-electron chi connectivity index (χ0n) is 12.3. The van der Waals surface area contributed by atoms with Crippen molar-refractivity contribution in [1.82, 2.24) is 14.9 Å². The molecule has 1 saturated heterocycles. The summed E-state index contributed by atoms with van der Waals surface area (Å²) in [7, 11) is 0. The molecule has 0 N–H and O–H groups in total. The molecular weight excluding hydrogens is 319 g/mol. The second kappa shape index (κ2) is 7.27. The van der Waals surface area contributed by atoms with Gasteiger partial charge in [0.1, 0.15) is 11.0 Å². The molecule has 2 aromatic rings. The maximum Gasteiger partial charge on any atom is 0.225 e. The lowest BCUT2D eigenvalue weighted by Gasteiger charge is -2.22. The van der Waals surface area contributed by atoms with Gasteiger partial charge in [0.25, 0.3) is 0 Å². The molecule has 116 valence electrons. The molecule has 1 fully saturated rings. The normalized spacial score (nSPS) is 16.5. The van der Waals surface area contributed by atoms with Crippen LogP contribution in [-0.2, 0) is 6.54 Å². The highest BCUT2D eigenvalue weighted by Gasteiger charge is 2.17. The van der Waals surface area contributed by atoms with Gasteiger partial charge in [-0.1, -0.05) is 41.9 Å². The summed E-state index contributed by atoms with van der Waals surface area (Å²) in [5.74, 6) is 0.812. The van der Waals surface area contributed by atoms with Crippen molar-refractivity contribution >= 4 is 29.0 Å². The number of hydrogen-bond donors (Lipinski definition) is 0. The number of benzene rings is 1. The second-order valence-electron chi connectivity index (χ2n) is 5.42. The van der Waals surface area contributed by atoms with E-state index >= 15 is 0 Å². The van der Waals surface area contributed by atoms with E-state index in [4.69, 9.17) is 23.2 Å². The molecule has 0 bridgehead atoms. The molecule has 1 aliphatic heterocycles. The Balaban J connectivity index is 1.64. The molecule has 0 atom stereocenters. The van der Waals surface area contributed by atoms with Gasteiger partial charge in [-0.2, -0.15) is 0 Å². The Hall–Kier alpha value is -1.36. The third-order valence-corrected chi connectivity index (χ3v) is 4.18. The SMILES string of the molecule is Clc1cc(N2CCCN(Cc3ccccc3)CC2)nc(Cl)n1. The van der Waals surface area contributed by atoms with E-state index in [0.29, 0.717) is 5.15 Å². The standard InChI is InChI=1S/C16H18Cl2N4/c17-14-11-15(20-16(18)19-14)22-8-4-7-21(9-10-22)12-13-5-2-1-3-6-13/h1-3,5-6,11H,4,7-10,12H2. The summed E-state index contributed by atoms with van der Waals surface area (Å²) in [6.45, 7) is 4.93. The number of nitrogens with zero attached hydrogens (tertiary/aromatic N) is 4. The van der Waals surface area contributed by atoms with E-state index in [1.54, 1.807) is 6.07 Å². The van der Waals surface area contributed by atoms with Crippen molar-refractivity contribution < 1.29 is 0 Å². The zero-order chi connectivity index (χ0) is 15.4. The first-order valence-corrected chi connectivity index (χ1v) is 8.17. The van der Waals surface area contributed by atoms with Crippen LogP contribution in [0.4, 0.5) is 5.82 Å². The largest absolute Gasteiger partial charge is 0.355 e. The topological polar surface area (TPSA) is 32.3 Å². The molecule has 1 aromatic carbocycles. The molecule has 0 aliphatic carbocycles. The summed E-state index contributed by atoms with van der Waals surface area (Å²) < 4.78 is 0. The fraction of sp³-hybridized carbons (Fsp3) is 0.375. The maximum absolute atomic E-state index is 5.97. The Morgan fingerprint density at radius 1 is 0.955 bits per heavy atom. The Morgan fingerprint density at radius 2 is 1.77 bits per heavy atom. The van der Waals surface area contributed by atoms with E-state index in [2.05, 4.69) is 50.1 Å². The molecule has 0 amide bonds. The van der Waals surface area contributed by atoms with Crippen LogP contribution in [0.2, 0.25) is 10.4 Å². The van der Waals surface area contributed by atoms with Crippen molar-refractivity contribution in [1.29, 1.82) is 0 Å². The maximum atomic E-state index is 5.97. The average Bonchev–Trinajstić information content (AvgIpc) is 2.73. The molecule has 0 saturated carbocycles. The van der Waals surface area contributed by atoms with Crippen LogP contribution in [0, 0.1) is 0 Å². The summed E-state index contributed by atoms with van der Waals surface area (Å²) in [4.78, 5) is 12.9. The summed E-state index contributed by atoms with van der Waals surface area (Å²) in [5.41, 5.74) is 1.35. The number of rotatable bonds is 3. The average molecular weight is 337 g/mol. The lowest BCUT2D eigenvalue weighted by Crippen LogP contribution is -2.31. The fourth-order valence-electron chi connectivity index (χ4n) is 2.74. The Morgan fingerprint density at radius 3 is 2.55 bits per heavy atom. The first-order chi connectivity index (χ1) is 10.7. The summed E-state index contributed by atoms with van der Waals surface area (Å²) in [6.07, 6.45) is 1.09. The van der Waals surface area contributed by atoms with Crippen LogP contribution in [0.25, 0.3) is 0 Å². The summed E-state index contributed by atoms with van der Waals surface area (Å²) in [5, 5.41) is 0.591. The van der Waals surface area contributed by atoms with E-state index in [9.17, 15) is 0 Å². The van der Waals surface area contributed by atoms with Crippen molar-refractivity contribution in [2.75, 3.05) is 31.1 Å². The van der Waals surface area contributed by atoms with Gasteiger partial charge in [0.2, 0.25) is 5.28 Å². The molecule has 1 aliphatic rings. The van der Waals surface area contributed by atoms with Gasteiger partial charge < -0.3 is 4.90 Å². The van der Waals surface area contributed by atoms with E-state index in [1.807, 2.05) is 0 Å². The number of halogens is 2. The molecule has 0 unspecified atom stereocenters. The monoisotopic (exact) mass is 336 g/mol. The molecule has 1 aromatic heterocycles. The van der Waals surface area contributed by atoms with Crippen LogP contribution in [0.3, 0.4) is 0 Å². The minimum Gasteiger partial charge on any atom is -0.355 e. The van der Waals surface area contributed by atoms with Gasteiger partial charge in [-0.15, -0.1) is 0 Å². The van der Waals surface area contributed by atoms with E-state index < -0.39 is 0 Å². The van der Waals surface area contributed by atoms with Gasteiger partial charge in [-0.05, 0) is 23.6 Å². The third-order valence-electron chi connectivity index (χ3n) is 3.82. The lowest BCUT2D eigenvalue weighted by atomic mass is 10.2. The van der Waals surface area contributed by atoms with Crippen LogP contribution >= 0.6 is 23.2 Å². The van der Waals surface area contributed by atoms with Crippen molar-refractivity contribution in [3.05, 3.63) is 52.4 Å². The lowest BCUT2D eigenvalue weighted by molar-refractivity contribution is 0.285. The summed E-state index contributed by atoms with van der Waals surface area (Å²) >= 11 is 11.9. The Kier molecular flexibility index (Phi) is 5.13. The molecule has 2 heterocycles. The molecule has 22 heavy (non-hydrogen) atoms. The number of anilines is 1. The third kappa shape index (κ3) is 4.09.